The standard InChI is InChI=1S/C12H19NO3S/c1-9-6-7-10(16-5)11(8-9)17(14,15)13-12(2,3)4/h6-8,13H,1-5H3. The van der Waals surface area contributed by atoms with Crippen LogP contribution in [0.25, 0.3) is 0 Å². The Kier molecular flexibility index (Phi) is 3.84. The highest BCUT2D eigenvalue weighted by molar-refractivity contribution is 7.89. The Morgan fingerprint density at radius 3 is 2.29 bits per heavy atom. The number of methoxy groups -OCH3 is 1. The molecule has 0 spiro atoms. The van der Waals surface area contributed by atoms with E-state index in [0.29, 0.717) is 5.75 Å². The summed E-state index contributed by atoms with van der Waals surface area (Å²) in [5.41, 5.74) is 0.355. The monoisotopic (exact) mass is 257 g/mol. The maximum absolute atomic E-state index is 12.2. The van der Waals surface area contributed by atoms with Crippen molar-refractivity contribution in [2.75, 3.05) is 7.11 Å². The van der Waals surface area contributed by atoms with Crippen molar-refractivity contribution in [1.29, 1.82) is 0 Å². The second-order valence-electron chi connectivity index (χ2n) is 5.01. The largest absolute Gasteiger partial charge is 0.495 e. The van der Waals surface area contributed by atoms with E-state index < -0.39 is 15.6 Å². The minimum atomic E-state index is -3.56. The Labute approximate surface area is 103 Å². The number of hydrogen-bond donors (Lipinski definition) is 1. The van der Waals surface area contributed by atoms with Crippen LogP contribution in [0.4, 0.5) is 0 Å². The fraction of sp³-hybridized carbons (Fsp3) is 0.500. The van der Waals surface area contributed by atoms with Gasteiger partial charge in [-0.2, -0.15) is 0 Å². The van der Waals surface area contributed by atoms with Gasteiger partial charge in [0.1, 0.15) is 10.6 Å². The van der Waals surface area contributed by atoms with E-state index in [1.54, 1.807) is 32.9 Å². The summed E-state index contributed by atoms with van der Waals surface area (Å²) in [5, 5.41) is 0. The van der Waals surface area contributed by atoms with Crippen LogP contribution in [0, 0.1) is 6.92 Å². The molecule has 96 valence electrons. The number of benzene rings is 1. The van der Waals surface area contributed by atoms with Gasteiger partial charge in [-0.1, -0.05) is 6.07 Å². The molecule has 0 aliphatic carbocycles. The average Bonchev–Trinajstić information content (AvgIpc) is 2.14. The molecule has 1 aromatic rings. The van der Waals surface area contributed by atoms with Gasteiger partial charge in [-0.3, -0.25) is 0 Å². The summed E-state index contributed by atoms with van der Waals surface area (Å²) in [6.07, 6.45) is 0. The van der Waals surface area contributed by atoms with Crippen LogP contribution >= 0.6 is 0 Å². The van der Waals surface area contributed by atoms with E-state index in [1.807, 2.05) is 13.0 Å². The SMILES string of the molecule is COc1ccc(C)cc1S(=O)(=O)NC(C)(C)C. The summed E-state index contributed by atoms with van der Waals surface area (Å²) in [6, 6.07) is 5.08. The van der Waals surface area contributed by atoms with Crippen molar-refractivity contribution in [3.8, 4) is 5.75 Å². The van der Waals surface area contributed by atoms with Crippen molar-refractivity contribution in [2.45, 2.75) is 38.1 Å². The van der Waals surface area contributed by atoms with Crippen LogP contribution in [0.15, 0.2) is 23.1 Å². The van der Waals surface area contributed by atoms with E-state index >= 15 is 0 Å². The summed E-state index contributed by atoms with van der Waals surface area (Å²) in [7, 11) is -2.10. The van der Waals surface area contributed by atoms with Crippen molar-refractivity contribution in [3.05, 3.63) is 23.8 Å². The minimum Gasteiger partial charge on any atom is -0.495 e. The smallest absolute Gasteiger partial charge is 0.244 e. The number of sulfonamides is 1. The fourth-order valence-corrected chi connectivity index (χ4v) is 3.13. The first-order chi connectivity index (χ1) is 7.65. The zero-order valence-corrected chi connectivity index (χ0v) is 11.7. The molecule has 0 aliphatic rings. The van der Waals surface area contributed by atoms with E-state index in [4.69, 9.17) is 4.74 Å². The Morgan fingerprint density at radius 1 is 1.24 bits per heavy atom. The molecule has 5 heteroatoms. The predicted octanol–water partition coefficient (Wildman–Crippen LogP) is 2.08. The minimum absolute atomic E-state index is 0.176. The Hall–Kier alpha value is -1.07. The highest BCUT2D eigenvalue weighted by atomic mass is 32.2. The van der Waals surface area contributed by atoms with E-state index in [1.165, 1.54) is 7.11 Å². The molecule has 0 saturated carbocycles. The number of hydrogen-bond acceptors (Lipinski definition) is 3. The van der Waals surface area contributed by atoms with Gasteiger partial charge in [-0.05, 0) is 45.4 Å². The number of nitrogens with one attached hydrogen (secondary N) is 1. The van der Waals surface area contributed by atoms with E-state index in [-0.39, 0.29) is 4.90 Å². The van der Waals surface area contributed by atoms with Crippen LogP contribution in [0.2, 0.25) is 0 Å². The molecule has 0 radical (unpaired) electrons. The Morgan fingerprint density at radius 2 is 1.82 bits per heavy atom. The zero-order chi connectivity index (χ0) is 13.3. The molecule has 0 aromatic heterocycles. The molecule has 4 nitrogen and oxygen atoms in total. The summed E-state index contributed by atoms with van der Waals surface area (Å²) in [4.78, 5) is 0.176. The Balaban J connectivity index is 3.28. The quantitative estimate of drug-likeness (QED) is 0.902. The van der Waals surface area contributed by atoms with Crippen LogP contribution < -0.4 is 9.46 Å². The molecular formula is C12H19NO3S. The van der Waals surface area contributed by atoms with Gasteiger partial charge in [0.25, 0.3) is 0 Å². The molecule has 0 heterocycles. The zero-order valence-electron chi connectivity index (χ0n) is 10.9. The third-order valence-electron chi connectivity index (χ3n) is 2.05. The lowest BCUT2D eigenvalue weighted by Crippen LogP contribution is -2.40. The third-order valence-corrected chi connectivity index (χ3v) is 3.83. The average molecular weight is 257 g/mol. The van der Waals surface area contributed by atoms with Crippen LogP contribution in [-0.2, 0) is 10.0 Å². The van der Waals surface area contributed by atoms with Gasteiger partial charge in [0.15, 0.2) is 0 Å². The molecule has 0 unspecified atom stereocenters. The second-order valence-corrected chi connectivity index (χ2v) is 6.66. The van der Waals surface area contributed by atoms with Gasteiger partial charge in [0.05, 0.1) is 7.11 Å². The highest BCUT2D eigenvalue weighted by Gasteiger charge is 2.25. The normalized spacial score (nSPS) is 12.5. The summed E-state index contributed by atoms with van der Waals surface area (Å²) in [5.74, 6) is 0.354. The molecule has 17 heavy (non-hydrogen) atoms. The summed E-state index contributed by atoms with van der Waals surface area (Å²) in [6.45, 7) is 7.24. The van der Waals surface area contributed by atoms with Gasteiger partial charge in [0.2, 0.25) is 10.0 Å². The first kappa shape index (κ1) is 14.0. The van der Waals surface area contributed by atoms with Crippen LogP contribution in [0.5, 0.6) is 5.75 Å². The Bertz CT molecular complexity index is 501. The second kappa shape index (κ2) is 4.66. The van der Waals surface area contributed by atoms with Crippen molar-refractivity contribution in [2.24, 2.45) is 0 Å². The van der Waals surface area contributed by atoms with E-state index in [9.17, 15) is 8.42 Å². The lowest BCUT2D eigenvalue weighted by molar-refractivity contribution is 0.401. The number of aryl methyl sites for hydroxylation is 1. The molecule has 0 amide bonds. The third kappa shape index (κ3) is 3.71. The maximum atomic E-state index is 12.2. The molecule has 1 aromatic carbocycles. The lowest BCUT2D eigenvalue weighted by Gasteiger charge is -2.21. The lowest BCUT2D eigenvalue weighted by atomic mass is 10.1. The molecule has 0 atom stereocenters. The first-order valence-corrected chi connectivity index (χ1v) is 6.83. The van der Waals surface area contributed by atoms with Crippen LogP contribution in [0.3, 0.4) is 0 Å². The summed E-state index contributed by atoms with van der Waals surface area (Å²) < 4.78 is 32.1. The van der Waals surface area contributed by atoms with Crippen molar-refractivity contribution in [1.82, 2.24) is 4.72 Å². The van der Waals surface area contributed by atoms with Gasteiger partial charge < -0.3 is 4.74 Å². The molecule has 0 saturated heterocycles. The van der Waals surface area contributed by atoms with Crippen molar-refractivity contribution < 1.29 is 13.2 Å². The van der Waals surface area contributed by atoms with Gasteiger partial charge in [-0.25, -0.2) is 13.1 Å². The van der Waals surface area contributed by atoms with Crippen molar-refractivity contribution in [3.63, 3.8) is 0 Å². The van der Waals surface area contributed by atoms with Crippen molar-refractivity contribution >= 4 is 10.0 Å². The molecule has 0 fully saturated rings. The topological polar surface area (TPSA) is 55.4 Å². The number of rotatable bonds is 3. The molecule has 0 aliphatic heterocycles. The van der Waals surface area contributed by atoms with Crippen LogP contribution in [0.1, 0.15) is 26.3 Å². The number of ether oxygens (including phenoxy) is 1. The molecular weight excluding hydrogens is 238 g/mol. The molecule has 1 rings (SSSR count). The molecule has 1 N–H and O–H groups in total. The summed E-state index contributed by atoms with van der Waals surface area (Å²) >= 11 is 0. The fourth-order valence-electron chi connectivity index (χ4n) is 1.45. The van der Waals surface area contributed by atoms with Gasteiger partial charge >= 0.3 is 0 Å². The highest BCUT2D eigenvalue weighted by Crippen LogP contribution is 2.25. The maximum Gasteiger partial charge on any atom is 0.244 e. The predicted molar refractivity (Wildman–Crippen MR) is 67.8 cm³/mol. The van der Waals surface area contributed by atoms with Gasteiger partial charge in [0, 0.05) is 5.54 Å². The van der Waals surface area contributed by atoms with E-state index in [0.717, 1.165) is 5.56 Å². The van der Waals surface area contributed by atoms with Gasteiger partial charge in [-0.15, -0.1) is 0 Å². The molecule has 0 bridgehead atoms. The first-order valence-electron chi connectivity index (χ1n) is 5.34. The van der Waals surface area contributed by atoms with Crippen LogP contribution in [-0.4, -0.2) is 21.1 Å². The van der Waals surface area contributed by atoms with E-state index in [2.05, 4.69) is 4.72 Å².